The zero-order valence-electron chi connectivity index (χ0n) is 14.1. The van der Waals surface area contributed by atoms with Gasteiger partial charge in [0, 0.05) is 10.2 Å². The summed E-state index contributed by atoms with van der Waals surface area (Å²) in [5, 5.41) is 7.60. The summed E-state index contributed by atoms with van der Waals surface area (Å²) in [5.74, 6) is -0.218. The molecule has 0 saturated carbocycles. The zero-order valence-corrected chi connectivity index (χ0v) is 15.6. The number of carbonyl (C=O) groups excluding carboxylic acids is 3. The Hall–Kier alpha value is -2.87. The molecule has 1 heterocycles. The van der Waals surface area contributed by atoms with Crippen LogP contribution in [0.3, 0.4) is 0 Å². The van der Waals surface area contributed by atoms with Crippen LogP contribution in [0.4, 0.5) is 10.5 Å². The van der Waals surface area contributed by atoms with Crippen molar-refractivity contribution in [3.05, 3.63) is 58.1 Å². The fourth-order valence-electron chi connectivity index (χ4n) is 2.66. The highest BCUT2D eigenvalue weighted by atomic mass is 79.9. The number of halogens is 1. The molecule has 0 bridgehead atoms. The predicted molar refractivity (Wildman–Crippen MR) is 99.1 cm³/mol. The smallest absolute Gasteiger partial charge is 0.322 e. The lowest BCUT2D eigenvalue weighted by Crippen LogP contribution is -2.40. The van der Waals surface area contributed by atoms with E-state index in [1.54, 1.807) is 49.4 Å². The minimum atomic E-state index is -1.19. The Morgan fingerprint density at radius 3 is 2.62 bits per heavy atom. The van der Waals surface area contributed by atoms with E-state index in [0.717, 1.165) is 0 Å². The van der Waals surface area contributed by atoms with Crippen molar-refractivity contribution in [2.45, 2.75) is 12.5 Å². The van der Waals surface area contributed by atoms with Gasteiger partial charge in [0.15, 0.2) is 0 Å². The summed E-state index contributed by atoms with van der Waals surface area (Å²) < 4.78 is 5.77. The molecule has 7 nitrogen and oxygen atoms in total. The molecule has 0 spiro atoms. The summed E-state index contributed by atoms with van der Waals surface area (Å²) in [6, 6.07) is 11.3. The number of anilines is 1. The predicted octanol–water partition coefficient (Wildman–Crippen LogP) is 2.76. The average molecular weight is 418 g/mol. The number of methoxy groups -OCH3 is 1. The van der Waals surface area contributed by atoms with E-state index in [4.69, 9.17) is 4.74 Å². The van der Waals surface area contributed by atoms with Crippen LogP contribution in [-0.2, 0) is 10.3 Å². The van der Waals surface area contributed by atoms with E-state index < -0.39 is 17.5 Å². The molecule has 0 radical (unpaired) electrons. The molecule has 1 atom stereocenters. The molecule has 1 aliphatic rings. The maximum absolute atomic E-state index is 12.6. The van der Waals surface area contributed by atoms with Crippen molar-refractivity contribution in [1.82, 2.24) is 10.6 Å². The summed E-state index contributed by atoms with van der Waals surface area (Å²) in [6.45, 7) is 1.60. The van der Waals surface area contributed by atoms with Gasteiger partial charge in [-0.15, -0.1) is 0 Å². The van der Waals surface area contributed by atoms with Crippen molar-refractivity contribution >= 4 is 39.5 Å². The highest BCUT2D eigenvalue weighted by Gasteiger charge is 2.43. The van der Waals surface area contributed by atoms with E-state index >= 15 is 0 Å². The SMILES string of the molecule is COc1ccc(Br)c(C(=O)Nc2cccc(C3(C)NC(=O)NC3=O)c2)c1. The number of nitrogens with one attached hydrogen (secondary N) is 3. The first kappa shape index (κ1) is 17.9. The van der Waals surface area contributed by atoms with Gasteiger partial charge in [-0.25, -0.2) is 4.79 Å². The number of hydrogen-bond donors (Lipinski definition) is 3. The van der Waals surface area contributed by atoms with E-state index in [9.17, 15) is 14.4 Å². The zero-order chi connectivity index (χ0) is 18.9. The lowest BCUT2D eigenvalue weighted by atomic mass is 9.92. The van der Waals surface area contributed by atoms with Gasteiger partial charge >= 0.3 is 6.03 Å². The number of urea groups is 1. The summed E-state index contributed by atoms with van der Waals surface area (Å²) in [4.78, 5) is 36.1. The number of amides is 4. The first-order valence-electron chi connectivity index (χ1n) is 7.72. The van der Waals surface area contributed by atoms with Crippen LogP contribution in [0.5, 0.6) is 5.75 Å². The molecule has 1 fully saturated rings. The van der Waals surface area contributed by atoms with Crippen molar-refractivity contribution in [1.29, 1.82) is 0 Å². The highest BCUT2D eigenvalue weighted by molar-refractivity contribution is 9.10. The number of benzene rings is 2. The Morgan fingerprint density at radius 2 is 1.96 bits per heavy atom. The average Bonchev–Trinajstić information content (AvgIpc) is 2.88. The number of hydrogen-bond acceptors (Lipinski definition) is 4. The fourth-order valence-corrected chi connectivity index (χ4v) is 3.08. The Labute approximate surface area is 158 Å². The van der Waals surface area contributed by atoms with Crippen LogP contribution in [-0.4, -0.2) is 25.0 Å². The molecule has 1 unspecified atom stereocenters. The molecule has 1 aliphatic heterocycles. The molecule has 8 heteroatoms. The van der Waals surface area contributed by atoms with Crippen LogP contribution in [0.1, 0.15) is 22.8 Å². The second-order valence-electron chi connectivity index (χ2n) is 5.91. The molecular formula is C18H16BrN3O4. The lowest BCUT2D eigenvalue weighted by Gasteiger charge is -2.21. The van der Waals surface area contributed by atoms with Crippen LogP contribution in [0, 0.1) is 0 Å². The van der Waals surface area contributed by atoms with Crippen molar-refractivity contribution < 1.29 is 19.1 Å². The topological polar surface area (TPSA) is 96.5 Å². The van der Waals surface area contributed by atoms with Crippen LogP contribution in [0.25, 0.3) is 0 Å². The van der Waals surface area contributed by atoms with Crippen molar-refractivity contribution in [3.63, 3.8) is 0 Å². The first-order chi connectivity index (χ1) is 12.3. The van der Waals surface area contributed by atoms with E-state index in [0.29, 0.717) is 27.0 Å². The number of rotatable bonds is 4. The van der Waals surface area contributed by atoms with Gasteiger partial charge in [-0.2, -0.15) is 0 Å². The van der Waals surface area contributed by atoms with E-state index in [1.165, 1.54) is 7.11 Å². The molecule has 3 N–H and O–H groups in total. The summed E-state index contributed by atoms with van der Waals surface area (Å²) in [6.07, 6.45) is 0. The van der Waals surface area contributed by atoms with E-state index in [-0.39, 0.29) is 5.91 Å². The Bertz CT molecular complexity index is 915. The normalized spacial score (nSPS) is 18.9. The highest BCUT2D eigenvalue weighted by Crippen LogP contribution is 2.28. The van der Waals surface area contributed by atoms with Crippen LogP contribution in [0.2, 0.25) is 0 Å². The second-order valence-corrected chi connectivity index (χ2v) is 6.77. The van der Waals surface area contributed by atoms with Gasteiger partial charge in [0.05, 0.1) is 12.7 Å². The van der Waals surface area contributed by atoms with Crippen molar-refractivity contribution in [2.24, 2.45) is 0 Å². The van der Waals surface area contributed by atoms with Gasteiger partial charge in [-0.3, -0.25) is 14.9 Å². The maximum atomic E-state index is 12.6. The van der Waals surface area contributed by atoms with Crippen LogP contribution in [0.15, 0.2) is 46.9 Å². The second kappa shape index (κ2) is 6.80. The maximum Gasteiger partial charge on any atom is 0.322 e. The van der Waals surface area contributed by atoms with Gasteiger partial charge < -0.3 is 15.4 Å². The molecular weight excluding hydrogens is 402 g/mol. The first-order valence-corrected chi connectivity index (χ1v) is 8.52. The van der Waals surface area contributed by atoms with Gasteiger partial charge in [-0.1, -0.05) is 12.1 Å². The minimum absolute atomic E-state index is 0.335. The van der Waals surface area contributed by atoms with Crippen molar-refractivity contribution in [2.75, 3.05) is 12.4 Å². The number of carbonyl (C=O) groups is 3. The third-order valence-corrected chi connectivity index (χ3v) is 4.85. The van der Waals surface area contributed by atoms with Gasteiger partial charge in [-0.05, 0) is 58.7 Å². The Morgan fingerprint density at radius 1 is 1.19 bits per heavy atom. The van der Waals surface area contributed by atoms with Gasteiger partial charge in [0.1, 0.15) is 11.3 Å². The van der Waals surface area contributed by atoms with Crippen molar-refractivity contribution in [3.8, 4) is 5.75 Å². The Balaban J connectivity index is 1.87. The molecule has 4 amide bonds. The number of ether oxygens (including phenoxy) is 1. The Kier molecular flexibility index (Phi) is 4.69. The number of imide groups is 1. The monoisotopic (exact) mass is 417 g/mol. The largest absolute Gasteiger partial charge is 0.497 e. The molecule has 26 heavy (non-hydrogen) atoms. The van der Waals surface area contributed by atoms with Crippen LogP contribution >= 0.6 is 15.9 Å². The lowest BCUT2D eigenvalue weighted by molar-refractivity contribution is -0.123. The standard InChI is InChI=1S/C18H16BrN3O4/c1-18(16(24)21-17(25)22-18)10-4-3-5-11(8-10)20-15(23)13-9-12(26-2)6-7-14(13)19/h3-9H,1-2H3,(H,20,23)(H2,21,22,24,25). The van der Waals surface area contributed by atoms with Gasteiger partial charge in [0.2, 0.25) is 0 Å². The third kappa shape index (κ3) is 3.28. The summed E-state index contributed by atoms with van der Waals surface area (Å²) in [5.41, 5.74) is 0.280. The molecule has 1 saturated heterocycles. The molecule has 2 aromatic rings. The van der Waals surface area contributed by atoms with Gasteiger partial charge in [0.25, 0.3) is 11.8 Å². The quantitative estimate of drug-likeness (QED) is 0.666. The molecule has 134 valence electrons. The summed E-state index contributed by atoms with van der Waals surface area (Å²) >= 11 is 3.35. The van der Waals surface area contributed by atoms with Crippen LogP contribution < -0.4 is 20.7 Å². The molecule has 0 aromatic heterocycles. The van der Waals surface area contributed by atoms with E-state index in [2.05, 4.69) is 31.9 Å². The molecule has 3 rings (SSSR count). The van der Waals surface area contributed by atoms with E-state index in [1.807, 2.05) is 0 Å². The fraction of sp³-hybridized carbons (Fsp3) is 0.167. The third-order valence-electron chi connectivity index (χ3n) is 4.16. The molecule has 0 aliphatic carbocycles. The minimum Gasteiger partial charge on any atom is -0.497 e. The molecule has 2 aromatic carbocycles. The summed E-state index contributed by atoms with van der Waals surface area (Å²) in [7, 11) is 1.52.